The molecular formula is C28H36F2N6O. The van der Waals surface area contributed by atoms with Crippen LogP contribution >= 0.6 is 0 Å². The van der Waals surface area contributed by atoms with Gasteiger partial charge in [-0.15, -0.1) is 0 Å². The number of nitrogens with one attached hydrogen (secondary N) is 1. The Morgan fingerprint density at radius 1 is 1.11 bits per heavy atom. The third-order valence-electron chi connectivity index (χ3n) is 8.51. The topological polar surface area (TPSA) is 56.6 Å². The maximum Gasteiger partial charge on any atom is 0.264 e. The van der Waals surface area contributed by atoms with Gasteiger partial charge in [0.25, 0.3) is 6.43 Å². The smallest absolute Gasteiger partial charge is 0.264 e. The first-order valence-corrected chi connectivity index (χ1v) is 13.7. The minimum absolute atomic E-state index is 0.0640. The summed E-state index contributed by atoms with van der Waals surface area (Å²) < 4.78 is 31.0. The summed E-state index contributed by atoms with van der Waals surface area (Å²) in [4.78, 5) is 16.3. The number of halogens is 2. The van der Waals surface area contributed by atoms with E-state index in [1.165, 1.54) is 25.0 Å². The van der Waals surface area contributed by atoms with Gasteiger partial charge in [-0.3, -0.25) is 9.48 Å². The fourth-order valence-electron chi connectivity index (χ4n) is 6.57. The van der Waals surface area contributed by atoms with Crippen molar-refractivity contribution in [3.05, 3.63) is 46.3 Å². The number of hydrogen-bond donors (Lipinski definition) is 1. The number of rotatable bonds is 4. The molecule has 0 atom stereocenters. The van der Waals surface area contributed by atoms with Gasteiger partial charge in [0, 0.05) is 68.7 Å². The summed E-state index contributed by atoms with van der Waals surface area (Å²) in [5.41, 5.74) is 8.99. The van der Waals surface area contributed by atoms with Crippen molar-refractivity contribution >= 4 is 23.0 Å². The minimum Gasteiger partial charge on any atom is -0.338 e. The number of nitrogens with zero attached hydrogens (tertiary/aromatic N) is 5. The Labute approximate surface area is 217 Å². The number of amides is 1. The molecule has 2 aromatic rings. The lowest BCUT2D eigenvalue weighted by Crippen LogP contribution is -2.36. The Balaban J connectivity index is 1.45. The van der Waals surface area contributed by atoms with Crippen LogP contribution in [-0.2, 0) is 24.2 Å². The highest BCUT2D eigenvalue weighted by molar-refractivity contribution is 5.78. The third kappa shape index (κ3) is 4.41. The Morgan fingerprint density at radius 2 is 1.92 bits per heavy atom. The molecule has 1 aromatic carbocycles. The zero-order valence-electron chi connectivity index (χ0n) is 21.8. The van der Waals surface area contributed by atoms with Crippen molar-refractivity contribution in [2.75, 3.05) is 31.6 Å². The van der Waals surface area contributed by atoms with Gasteiger partial charge in [0.15, 0.2) is 5.82 Å². The van der Waals surface area contributed by atoms with Crippen LogP contribution in [0.5, 0.6) is 0 Å². The summed E-state index contributed by atoms with van der Waals surface area (Å²) in [6.45, 7) is 4.12. The summed E-state index contributed by atoms with van der Waals surface area (Å²) in [5, 5.41) is 7.03. The second-order valence-electron chi connectivity index (χ2n) is 10.9. The zero-order valence-corrected chi connectivity index (χ0v) is 21.8. The normalized spacial score (nSPS) is 20.4. The fourth-order valence-corrected chi connectivity index (χ4v) is 6.57. The highest BCUT2D eigenvalue weighted by Crippen LogP contribution is 2.43. The van der Waals surface area contributed by atoms with Gasteiger partial charge >= 0.3 is 0 Å². The molecule has 0 saturated heterocycles. The summed E-state index contributed by atoms with van der Waals surface area (Å²) in [5.74, 6) is 0.913. The Bertz CT molecular complexity index is 1230. The second-order valence-corrected chi connectivity index (χ2v) is 10.9. The van der Waals surface area contributed by atoms with Crippen molar-refractivity contribution in [1.29, 1.82) is 0 Å². The van der Waals surface area contributed by atoms with E-state index >= 15 is 0 Å². The van der Waals surface area contributed by atoms with Crippen molar-refractivity contribution in [2.24, 2.45) is 0 Å². The lowest BCUT2D eigenvalue weighted by Gasteiger charge is -2.33. The molecule has 1 saturated carbocycles. The molecule has 37 heavy (non-hydrogen) atoms. The van der Waals surface area contributed by atoms with E-state index in [4.69, 9.17) is 5.10 Å². The number of fused-ring (bicyclic) bond motifs is 2. The molecule has 4 heterocycles. The van der Waals surface area contributed by atoms with E-state index in [9.17, 15) is 13.6 Å². The molecule has 7 nitrogen and oxygen atoms in total. The molecule has 1 aromatic heterocycles. The molecule has 4 aliphatic rings. The second kappa shape index (κ2) is 9.74. The molecule has 0 unspecified atom stereocenters. The average molecular weight is 511 g/mol. The van der Waals surface area contributed by atoms with Crippen molar-refractivity contribution < 1.29 is 13.6 Å². The van der Waals surface area contributed by atoms with Gasteiger partial charge in [0.05, 0.1) is 12.6 Å². The van der Waals surface area contributed by atoms with Crippen molar-refractivity contribution in [1.82, 2.24) is 25.1 Å². The number of carbonyl (C=O) groups excluding carboxylic acids is 1. The number of carbonyl (C=O) groups is 1. The fraction of sp³-hybridized carbons (Fsp3) is 0.571. The standard InChI is InChI=1S/C28H36F2N6O/c1-18(37)34-12-10-25-24(17-34)28(32-36(25)21-8-4-3-5-9-21)35-11-6-7-19-13-22(20-15-31-33(2)16-20)23(27(29)30)14-26(19)35/h13-14,16,21,27,31H,3-12,15,17H2,1-2H3. The van der Waals surface area contributed by atoms with Gasteiger partial charge in [0.1, 0.15) is 0 Å². The molecule has 0 spiro atoms. The van der Waals surface area contributed by atoms with E-state index in [0.29, 0.717) is 31.2 Å². The third-order valence-corrected chi connectivity index (χ3v) is 8.51. The first-order valence-electron chi connectivity index (χ1n) is 13.7. The van der Waals surface area contributed by atoms with Gasteiger partial charge < -0.3 is 14.8 Å². The van der Waals surface area contributed by atoms with Gasteiger partial charge in [-0.2, -0.15) is 5.10 Å². The molecule has 1 fully saturated rings. The van der Waals surface area contributed by atoms with E-state index in [-0.39, 0.29) is 11.5 Å². The van der Waals surface area contributed by atoms with Crippen LogP contribution in [-0.4, -0.2) is 52.3 Å². The molecule has 1 aliphatic carbocycles. The number of benzene rings is 1. The van der Waals surface area contributed by atoms with Crippen LogP contribution in [0.4, 0.5) is 20.3 Å². The molecule has 198 valence electrons. The highest BCUT2D eigenvalue weighted by atomic mass is 19.3. The van der Waals surface area contributed by atoms with E-state index in [0.717, 1.165) is 66.9 Å². The Kier molecular flexibility index (Phi) is 6.42. The zero-order chi connectivity index (χ0) is 25.7. The van der Waals surface area contributed by atoms with Crippen LogP contribution in [0.2, 0.25) is 0 Å². The maximum absolute atomic E-state index is 14.4. The Hall–Kier alpha value is -2.94. The number of hydrazine groups is 1. The summed E-state index contributed by atoms with van der Waals surface area (Å²) in [7, 11) is 1.88. The molecule has 0 bridgehead atoms. The van der Waals surface area contributed by atoms with Gasteiger partial charge in [-0.25, -0.2) is 14.2 Å². The number of hydrogen-bond acceptors (Lipinski definition) is 5. The van der Waals surface area contributed by atoms with Crippen molar-refractivity contribution in [2.45, 2.75) is 77.3 Å². The Morgan fingerprint density at radius 3 is 2.62 bits per heavy atom. The van der Waals surface area contributed by atoms with Crippen molar-refractivity contribution in [3.8, 4) is 0 Å². The van der Waals surface area contributed by atoms with Crippen LogP contribution in [0.25, 0.3) is 5.57 Å². The highest BCUT2D eigenvalue weighted by Gasteiger charge is 2.34. The number of aryl methyl sites for hydroxylation is 1. The first-order chi connectivity index (χ1) is 17.9. The van der Waals surface area contributed by atoms with Crippen LogP contribution in [0, 0.1) is 0 Å². The molecule has 1 amide bonds. The van der Waals surface area contributed by atoms with Crippen LogP contribution in [0.15, 0.2) is 18.3 Å². The summed E-state index contributed by atoms with van der Waals surface area (Å²) in [6, 6.07) is 4.05. The van der Waals surface area contributed by atoms with Gasteiger partial charge in [0.2, 0.25) is 5.91 Å². The SMILES string of the molecule is CC(=O)N1CCc2c(c(N3CCCc4cc(C5=CN(C)NC5)c(C(F)F)cc43)nn2C2CCCCC2)C1. The molecular weight excluding hydrogens is 474 g/mol. The van der Waals surface area contributed by atoms with E-state index in [1.54, 1.807) is 13.0 Å². The van der Waals surface area contributed by atoms with Crippen LogP contribution < -0.4 is 10.3 Å². The predicted molar refractivity (Wildman–Crippen MR) is 140 cm³/mol. The van der Waals surface area contributed by atoms with E-state index in [2.05, 4.69) is 15.0 Å². The van der Waals surface area contributed by atoms with Gasteiger partial charge in [-0.1, -0.05) is 19.3 Å². The molecule has 3 aliphatic heterocycles. The number of anilines is 2. The number of aromatic nitrogens is 2. The molecule has 0 radical (unpaired) electrons. The number of alkyl halides is 2. The summed E-state index contributed by atoms with van der Waals surface area (Å²) in [6.07, 6.45) is 7.82. The summed E-state index contributed by atoms with van der Waals surface area (Å²) >= 11 is 0. The largest absolute Gasteiger partial charge is 0.338 e. The van der Waals surface area contributed by atoms with Crippen molar-refractivity contribution in [3.63, 3.8) is 0 Å². The maximum atomic E-state index is 14.4. The van der Waals surface area contributed by atoms with Gasteiger partial charge in [-0.05, 0) is 54.5 Å². The predicted octanol–water partition coefficient (Wildman–Crippen LogP) is 5.11. The molecule has 6 rings (SSSR count). The average Bonchev–Trinajstić information content (AvgIpc) is 3.51. The molecule has 1 N–H and O–H groups in total. The monoisotopic (exact) mass is 510 g/mol. The lowest BCUT2D eigenvalue weighted by molar-refractivity contribution is -0.129. The van der Waals surface area contributed by atoms with E-state index < -0.39 is 6.43 Å². The first kappa shape index (κ1) is 24.4. The van der Waals surface area contributed by atoms with Crippen LogP contribution in [0.3, 0.4) is 0 Å². The quantitative estimate of drug-likeness (QED) is 0.620. The minimum atomic E-state index is -2.57. The van der Waals surface area contributed by atoms with Crippen LogP contribution in [0.1, 0.15) is 85.9 Å². The molecule has 9 heteroatoms. The van der Waals surface area contributed by atoms with E-state index in [1.807, 2.05) is 29.2 Å². The lowest BCUT2D eigenvalue weighted by atomic mass is 9.92.